The molecular weight excluding hydrogens is 256 g/mol. The van der Waals surface area contributed by atoms with Crippen LogP contribution < -0.4 is 5.73 Å². The maximum absolute atomic E-state index is 12.4. The molecule has 1 heterocycles. The van der Waals surface area contributed by atoms with Crippen LogP contribution in [0.15, 0.2) is 0 Å². The summed E-state index contributed by atoms with van der Waals surface area (Å²) in [5.41, 5.74) is 5.32. The van der Waals surface area contributed by atoms with Crippen molar-refractivity contribution >= 4 is 11.8 Å². The summed E-state index contributed by atoms with van der Waals surface area (Å²) in [6.45, 7) is 7.01. The molecule has 6 nitrogen and oxygen atoms in total. The molecule has 0 saturated carbocycles. The van der Waals surface area contributed by atoms with Gasteiger partial charge in [-0.25, -0.2) is 0 Å². The summed E-state index contributed by atoms with van der Waals surface area (Å²) in [6.07, 6.45) is 1.60. The first-order valence-corrected chi connectivity index (χ1v) is 7.28. The van der Waals surface area contributed by atoms with Crippen molar-refractivity contribution in [1.82, 2.24) is 14.7 Å². The van der Waals surface area contributed by atoms with Gasteiger partial charge in [-0.05, 0) is 13.3 Å². The van der Waals surface area contributed by atoms with Gasteiger partial charge in [0.1, 0.15) is 0 Å². The predicted molar refractivity (Wildman–Crippen MR) is 79.2 cm³/mol. The van der Waals surface area contributed by atoms with Crippen LogP contribution in [0.25, 0.3) is 0 Å². The van der Waals surface area contributed by atoms with Crippen LogP contribution in [0.2, 0.25) is 0 Å². The van der Waals surface area contributed by atoms with Crippen molar-refractivity contribution in [3.8, 4) is 0 Å². The van der Waals surface area contributed by atoms with E-state index in [1.165, 1.54) is 0 Å². The average molecular weight is 284 g/mol. The molecule has 0 aromatic rings. The Morgan fingerprint density at radius 1 is 1.20 bits per heavy atom. The molecule has 6 heteroatoms. The maximum atomic E-state index is 12.4. The molecule has 2 N–H and O–H groups in total. The quantitative estimate of drug-likeness (QED) is 0.755. The van der Waals surface area contributed by atoms with Crippen LogP contribution in [0, 0.1) is 0 Å². The molecule has 2 amide bonds. The molecule has 0 bridgehead atoms. The minimum atomic E-state index is -0.767. The highest BCUT2D eigenvalue weighted by Crippen LogP contribution is 2.14. The fourth-order valence-corrected chi connectivity index (χ4v) is 2.43. The van der Waals surface area contributed by atoms with Crippen molar-refractivity contribution in [3.63, 3.8) is 0 Å². The van der Waals surface area contributed by atoms with E-state index >= 15 is 0 Å². The van der Waals surface area contributed by atoms with Gasteiger partial charge in [0.2, 0.25) is 11.8 Å². The molecule has 1 rings (SSSR count). The second kappa shape index (κ2) is 7.04. The van der Waals surface area contributed by atoms with E-state index in [2.05, 4.69) is 4.90 Å². The van der Waals surface area contributed by atoms with Gasteiger partial charge in [-0.2, -0.15) is 0 Å². The number of amides is 2. The second-order valence-electron chi connectivity index (χ2n) is 6.02. The lowest BCUT2D eigenvalue weighted by Gasteiger charge is -2.38. The van der Waals surface area contributed by atoms with Gasteiger partial charge in [-0.3, -0.25) is 14.5 Å². The van der Waals surface area contributed by atoms with Gasteiger partial charge in [0.15, 0.2) is 0 Å². The van der Waals surface area contributed by atoms with Crippen LogP contribution in [0.5, 0.6) is 0 Å². The van der Waals surface area contributed by atoms with Gasteiger partial charge in [0, 0.05) is 40.3 Å². The number of carbonyl (C=O) groups excluding carboxylic acids is 2. The van der Waals surface area contributed by atoms with Crippen molar-refractivity contribution < 1.29 is 9.59 Å². The molecule has 1 unspecified atom stereocenters. The Morgan fingerprint density at radius 3 is 2.20 bits per heavy atom. The van der Waals surface area contributed by atoms with Crippen LogP contribution >= 0.6 is 0 Å². The average Bonchev–Trinajstić information content (AvgIpc) is 2.38. The van der Waals surface area contributed by atoms with Crippen molar-refractivity contribution in [3.05, 3.63) is 0 Å². The SMILES string of the molecule is CCCC(C)(N)C(=O)N1CCN(CC(=O)N(C)C)CC1. The topological polar surface area (TPSA) is 69.9 Å². The van der Waals surface area contributed by atoms with Gasteiger partial charge in [0.25, 0.3) is 0 Å². The third-order valence-electron chi connectivity index (χ3n) is 3.78. The van der Waals surface area contributed by atoms with Gasteiger partial charge in [-0.1, -0.05) is 13.3 Å². The highest BCUT2D eigenvalue weighted by atomic mass is 16.2. The van der Waals surface area contributed by atoms with Gasteiger partial charge in [0.05, 0.1) is 12.1 Å². The summed E-state index contributed by atoms with van der Waals surface area (Å²) >= 11 is 0. The fraction of sp³-hybridized carbons (Fsp3) is 0.857. The summed E-state index contributed by atoms with van der Waals surface area (Å²) in [7, 11) is 3.51. The Morgan fingerprint density at radius 2 is 1.75 bits per heavy atom. The first kappa shape index (κ1) is 16.9. The number of piperazine rings is 1. The molecule has 0 aromatic carbocycles. The number of hydrogen-bond donors (Lipinski definition) is 1. The zero-order chi connectivity index (χ0) is 15.3. The standard InChI is InChI=1S/C14H28N4O2/c1-5-6-14(2,15)13(20)18-9-7-17(8-10-18)11-12(19)16(3)4/h5-11,15H2,1-4H3. The van der Waals surface area contributed by atoms with E-state index in [0.717, 1.165) is 19.5 Å². The van der Waals surface area contributed by atoms with Crippen molar-refractivity contribution in [2.75, 3.05) is 46.8 Å². The molecule has 0 aliphatic carbocycles. The first-order chi connectivity index (χ1) is 9.27. The third kappa shape index (κ3) is 4.45. The summed E-state index contributed by atoms with van der Waals surface area (Å²) < 4.78 is 0. The molecule has 1 fully saturated rings. The summed E-state index contributed by atoms with van der Waals surface area (Å²) in [6, 6.07) is 0. The Labute approximate surface area is 121 Å². The summed E-state index contributed by atoms with van der Waals surface area (Å²) in [4.78, 5) is 29.5. The molecule has 20 heavy (non-hydrogen) atoms. The number of likely N-dealkylation sites (N-methyl/N-ethyl adjacent to an activating group) is 1. The summed E-state index contributed by atoms with van der Waals surface area (Å²) in [5, 5.41) is 0. The molecule has 1 atom stereocenters. The third-order valence-corrected chi connectivity index (χ3v) is 3.78. The normalized spacial score (nSPS) is 19.6. The van der Waals surface area contributed by atoms with E-state index in [-0.39, 0.29) is 11.8 Å². The zero-order valence-corrected chi connectivity index (χ0v) is 13.2. The van der Waals surface area contributed by atoms with E-state index in [4.69, 9.17) is 5.73 Å². The number of carbonyl (C=O) groups is 2. The Hall–Kier alpha value is -1.14. The fourth-order valence-electron chi connectivity index (χ4n) is 2.43. The minimum Gasteiger partial charge on any atom is -0.348 e. The van der Waals surface area contributed by atoms with Crippen LogP contribution in [0.4, 0.5) is 0 Å². The maximum Gasteiger partial charge on any atom is 0.242 e. The van der Waals surface area contributed by atoms with Crippen molar-refractivity contribution in [2.24, 2.45) is 5.73 Å². The van der Waals surface area contributed by atoms with Crippen molar-refractivity contribution in [2.45, 2.75) is 32.2 Å². The lowest BCUT2D eigenvalue weighted by atomic mass is 9.95. The first-order valence-electron chi connectivity index (χ1n) is 7.28. The lowest BCUT2D eigenvalue weighted by Crippen LogP contribution is -2.58. The van der Waals surface area contributed by atoms with E-state index in [0.29, 0.717) is 26.1 Å². The van der Waals surface area contributed by atoms with Gasteiger partial charge < -0.3 is 15.5 Å². The Balaban J connectivity index is 2.46. The largest absolute Gasteiger partial charge is 0.348 e. The van der Waals surface area contributed by atoms with Crippen LogP contribution in [0.3, 0.4) is 0 Å². The molecule has 0 aromatic heterocycles. The Kier molecular flexibility index (Phi) is 5.95. The number of nitrogens with zero attached hydrogens (tertiary/aromatic N) is 3. The molecule has 1 aliphatic rings. The van der Waals surface area contributed by atoms with E-state index in [9.17, 15) is 9.59 Å². The molecule has 0 spiro atoms. The van der Waals surface area contributed by atoms with Gasteiger partial charge in [-0.15, -0.1) is 0 Å². The minimum absolute atomic E-state index is 0.0259. The monoisotopic (exact) mass is 284 g/mol. The Bertz CT molecular complexity index is 347. The molecule has 1 saturated heterocycles. The smallest absolute Gasteiger partial charge is 0.242 e. The zero-order valence-electron chi connectivity index (χ0n) is 13.2. The number of hydrogen-bond acceptors (Lipinski definition) is 4. The molecule has 1 aliphatic heterocycles. The van der Waals surface area contributed by atoms with Crippen LogP contribution in [0.1, 0.15) is 26.7 Å². The van der Waals surface area contributed by atoms with E-state index < -0.39 is 5.54 Å². The van der Waals surface area contributed by atoms with E-state index in [1.807, 2.05) is 11.8 Å². The van der Waals surface area contributed by atoms with Crippen LogP contribution in [-0.2, 0) is 9.59 Å². The summed E-state index contributed by atoms with van der Waals surface area (Å²) in [5.74, 6) is 0.123. The highest BCUT2D eigenvalue weighted by Gasteiger charge is 2.33. The molecule has 116 valence electrons. The van der Waals surface area contributed by atoms with Crippen molar-refractivity contribution in [1.29, 1.82) is 0 Å². The van der Waals surface area contributed by atoms with E-state index in [1.54, 1.807) is 25.9 Å². The van der Waals surface area contributed by atoms with Gasteiger partial charge >= 0.3 is 0 Å². The number of rotatable bonds is 5. The number of nitrogens with two attached hydrogens (primary N) is 1. The molecule has 0 radical (unpaired) electrons. The lowest BCUT2D eigenvalue weighted by molar-refractivity contribution is -0.139. The highest BCUT2D eigenvalue weighted by molar-refractivity contribution is 5.85. The predicted octanol–water partition coefficient (Wildman–Crippen LogP) is -0.264. The molecular formula is C14H28N4O2. The van der Waals surface area contributed by atoms with Crippen LogP contribution in [-0.4, -0.2) is 78.9 Å². The second-order valence-corrected chi connectivity index (χ2v) is 6.02.